The van der Waals surface area contributed by atoms with Gasteiger partial charge in [-0.3, -0.25) is 0 Å². The van der Waals surface area contributed by atoms with Crippen LogP contribution in [0.3, 0.4) is 0 Å². The molecule has 17 heavy (non-hydrogen) atoms. The molecule has 1 aliphatic heterocycles. The van der Waals surface area contributed by atoms with E-state index in [2.05, 4.69) is 0 Å². The molecule has 0 aliphatic carbocycles. The SMILES string of the molecule is CC1CC(O)(Cc2ccc(F)cc2F)CN1C. The summed E-state index contributed by atoms with van der Waals surface area (Å²) < 4.78 is 26.3. The van der Waals surface area contributed by atoms with Crippen LogP contribution in [0.1, 0.15) is 18.9 Å². The van der Waals surface area contributed by atoms with Crippen LogP contribution in [0.15, 0.2) is 18.2 Å². The number of benzene rings is 1. The second-order valence-electron chi connectivity index (χ2n) is 5.11. The lowest BCUT2D eigenvalue weighted by atomic mass is 9.92. The number of likely N-dealkylation sites (tertiary alicyclic amines) is 1. The molecule has 1 N–H and O–H groups in total. The molecule has 4 heteroatoms. The molecular weight excluding hydrogens is 224 g/mol. The van der Waals surface area contributed by atoms with E-state index in [9.17, 15) is 13.9 Å². The van der Waals surface area contributed by atoms with Crippen LogP contribution in [0.25, 0.3) is 0 Å². The molecule has 1 aromatic carbocycles. The smallest absolute Gasteiger partial charge is 0.129 e. The second kappa shape index (κ2) is 4.35. The van der Waals surface area contributed by atoms with Gasteiger partial charge in [-0.25, -0.2) is 8.78 Å². The lowest BCUT2D eigenvalue weighted by molar-refractivity contribution is 0.0512. The van der Waals surface area contributed by atoms with Gasteiger partial charge in [0.1, 0.15) is 11.6 Å². The van der Waals surface area contributed by atoms with Crippen LogP contribution in [0, 0.1) is 11.6 Å². The third-order valence-electron chi connectivity index (χ3n) is 3.51. The molecule has 94 valence electrons. The summed E-state index contributed by atoms with van der Waals surface area (Å²) in [7, 11) is 1.93. The number of hydrogen-bond acceptors (Lipinski definition) is 2. The summed E-state index contributed by atoms with van der Waals surface area (Å²) in [6.45, 7) is 2.55. The first kappa shape index (κ1) is 12.5. The van der Waals surface area contributed by atoms with Crippen molar-refractivity contribution in [3.05, 3.63) is 35.4 Å². The highest BCUT2D eigenvalue weighted by atomic mass is 19.1. The van der Waals surface area contributed by atoms with Crippen LogP contribution in [0.4, 0.5) is 8.78 Å². The number of nitrogens with zero attached hydrogens (tertiary/aromatic N) is 1. The van der Waals surface area contributed by atoms with Crippen LogP contribution in [0.5, 0.6) is 0 Å². The Bertz CT molecular complexity index is 412. The van der Waals surface area contributed by atoms with Gasteiger partial charge in [0.25, 0.3) is 0 Å². The molecule has 1 aliphatic rings. The average Bonchev–Trinajstić information content (AvgIpc) is 2.46. The fourth-order valence-electron chi connectivity index (χ4n) is 2.54. The van der Waals surface area contributed by atoms with Gasteiger partial charge in [0.2, 0.25) is 0 Å². The van der Waals surface area contributed by atoms with Crippen LogP contribution in [0.2, 0.25) is 0 Å². The van der Waals surface area contributed by atoms with E-state index in [0.29, 0.717) is 18.5 Å². The maximum atomic E-state index is 13.5. The fraction of sp³-hybridized carbons (Fsp3) is 0.538. The molecule has 1 aromatic rings. The molecule has 1 fully saturated rings. The molecule has 2 unspecified atom stereocenters. The molecular formula is C13H17F2NO. The van der Waals surface area contributed by atoms with Crippen molar-refractivity contribution in [2.24, 2.45) is 0 Å². The van der Waals surface area contributed by atoms with E-state index < -0.39 is 17.2 Å². The molecule has 0 amide bonds. The maximum Gasteiger partial charge on any atom is 0.129 e. The largest absolute Gasteiger partial charge is 0.388 e. The minimum Gasteiger partial charge on any atom is -0.388 e. The zero-order valence-electron chi connectivity index (χ0n) is 10.1. The Balaban J connectivity index is 2.16. The minimum atomic E-state index is -0.910. The lowest BCUT2D eigenvalue weighted by Gasteiger charge is -2.22. The highest BCUT2D eigenvalue weighted by Crippen LogP contribution is 2.29. The normalized spacial score (nSPS) is 29.8. The molecule has 2 atom stereocenters. The molecule has 2 nitrogen and oxygen atoms in total. The van der Waals surface area contributed by atoms with Gasteiger partial charge >= 0.3 is 0 Å². The van der Waals surface area contributed by atoms with E-state index in [4.69, 9.17) is 0 Å². The zero-order valence-corrected chi connectivity index (χ0v) is 10.1. The van der Waals surface area contributed by atoms with Crippen LogP contribution in [-0.2, 0) is 6.42 Å². The first-order chi connectivity index (χ1) is 7.89. The van der Waals surface area contributed by atoms with Crippen molar-refractivity contribution in [3.63, 3.8) is 0 Å². The lowest BCUT2D eigenvalue weighted by Crippen LogP contribution is -2.34. The summed E-state index contributed by atoms with van der Waals surface area (Å²) in [5.41, 5.74) is -0.538. The van der Waals surface area contributed by atoms with Gasteiger partial charge in [-0.2, -0.15) is 0 Å². The average molecular weight is 241 g/mol. The molecule has 0 saturated carbocycles. The summed E-state index contributed by atoms with van der Waals surface area (Å²) in [5.74, 6) is -1.17. The monoisotopic (exact) mass is 241 g/mol. The van der Waals surface area contributed by atoms with E-state index in [1.807, 2.05) is 18.9 Å². The van der Waals surface area contributed by atoms with Crippen molar-refractivity contribution in [1.29, 1.82) is 0 Å². The van der Waals surface area contributed by atoms with Crippen molar-refractivity contribution >= 4 is 0 Å². The number of aliphatic hydroxyl groups is 1. The third kappa shape index (κ3) is 2.64. The van der Waals surface area contributed by atoms with E-state index in [-0.39, 0.29) is 12.5 Å². The van der Waals surface area contributed by atoms with Crippen LogP contribution < -0.4 is 0 Å². The summed E-state index contributed by atoms with van der Waals surface area (Å²) >= 11 is 0. The number of β-amino-alcohol motifs (C(OH)–C–C–N with tert-alkyl or cyclic N) is 1. The number of likely N-dealkylation sites (N-methyl/N-ethyl adjacent to an activating group) is 1. The topological polar surface area (TPSA) is 23.5 Å². The standard InChI is InChI=1S/C13H17F2NO/c1-9-6-13(17,8-16(9)2)7-10-3-4-11(14)5-12(10)15/h3-5,9,17H,6-8H2,1-2H3. The second-order valence-corrected chi connectivity index (χ2v) is 5.11. The number of hydrogen-bond donors (Lipinski definition) is 1. The Morgan fingerprint density at radius 2 is 2.18 bits per heavy atom. The zero-order chi connectivity index (χ0) is 12.6. The van der Waals surface area contributed by atoms with Gasteiger partial charge in [-0.1, -0.05) is 6.07 Å². The van der Waals surface area contributed by atoms with Gasteiger partial charge in [0, 0.05) is 25.1 Å². The van der Waals surface area contributed by atoms with Gasteiger partial charge in [-0.15, -0.1) is 0 Å². The summed E-state index contributed by atoms with van der Waals surface area (Å²) in [6.07, 6.45) is 0.841. The molecule has 0 radical (unpaired) electrons. The van der Waals surface area contributed by atoms with E-state index in [1.54, 1.807) is 0 Å². The molecule has 0 spiro atoms. The van der Waals surface area contributed by atoms with Crippen molar-refractivity contribution in [2.75, 3.05) is 13.6 Å². The highest BCUT2D eigenvalue weighted by Gasteiger charge is 2.39. The van der Waals surface area contributed by atoms with Gasteiger partial charge in [0.05, 0.1) is 5.60 Å². The minimum absolute atomic E-state index is 0.230. The number of halogens is 2. The van der Waals surface area contributed by atoms with Crippen molar-refractivity contribution in [1.82, 2.24) is 4.90 Å². The fourth-order valence-corrected chi connectivity index (χ4v) is 2.54. The van der Waals surface area contributed by atoms with Crippen molar-refractivity contribution in [3.8, 4) is 0 Å². The summed E-state index contributed by atoms with van der Waals surface area (Å²) in [6, 6.07) is 3.78. The van der Waals surface area contributed by atoms with Gasteiger partial charge < -0.3 is 10.0 Å². The molecule has 2 rings (SSSR count). The Morgan fingerprint density at radius 1 is 1.47 bits per heavy atom. The third-order valence-corrected chi connectivity index (χ3v) is 3.51. The quantitative estimate of drug-likeness (QED) is 0.855. The molecule has 0 bridgehead atoms. The number of rotatable bonds is 2. The summed E-state index contributed by atoms with van der Waals surface area (Å²) in [4.78, 5) is 2.04. The Morgan fingerprint density at radius 3 is 2.71 bits per heavy atom. The first-order valence-electron chi connectivity index (χ1n) is 5.76. The maximum absolute atomic E-state index is 13.5. The van der Waals surface area contributed by atoms with Crippen molar-refractivity contribution in [2.45, 2.75) is 31.4 Å². The highest BCUT2D eigenvalue weighted by molar-refractivity contribution is 5.21. The molecule has 0 aromatic heterocycles. The predicted octanol–water partition coefficient (Wildman–Crippen LogP) is 1.96. The van der Waals surface area contributed by atoms with E-state index >= 15 is 0 Å². The summed E-state index contributed by atoms with van der Waals surface area (Å²) in [5, 5.41) is 10.4. The van der Waals surface area contributed by atoms with Crippen LogP contribution >= 0.6 is 0 Å². The molecule has 1 saturated heterocycles. The Kier molecular flexibility index (Phi) is 3.19. The Labute approximate surface area is 99.9 Å². The van der Waals surface area contributed by atoms with Gasteiger partial charge in [-0.05, 0) is 32.0 Å². The first-order valence-corrected chi connectivity index (χ1v) is 5.76. The van der Waals surface area contributed by atoms with E-state index in [0.717, 1.165) is 6.07 Å². The molecule has 1 heterocycles. The van der Waals surface area contributed by atoms with Crippen molar-refractivity contribution < 1.29 is 13.9 Å². The van der Waals surface area contributed by atoms with E-state index in [1.165, 1.54) is 12.1 Å². The van der Waals surface area contributed by atoms with Crippen LogP contribution in [-0.4, -0.2) is 35.2 Å². The van der Waals surface area contributed by atoms with Gasteiger partial charge in [0.15, 0.2) is 0 Å². The predicted molar refractivity (Wildman–Crippen MR) is 61.7 cm³/mol. The Hall–Kier alpha value is -1.00.